The lowest BCUT2D eigenvalue weighted by molar-refractivity contribution is 0.374. The Balaban J connectivity index is 2.59. The fraction of sp³-hybridized carbons (Fsp3) is 0.333. The molecule has 0 fully saturated rings. The fourth-order valence-electron chi connectivity index (χ4n) is 0.237. The van der Waals surface area contributed by atoms with Crippen LogP contribution < -0.4 is 0 Å². The molecule has 3 heteroatoms. The summed E-state index contributed by atoms with van der Waals surface area (Å²) >= 11 is 0. The van der Waals surface area contributed by atoms with Crippen molar-refractivity contribution in [2.24, 2.45) is 4.99 Å². The lowest BCUT2D eigenvalue weighted by Crippen LogP contribution is -1.88. The van der Waals surface area contributed by atoms with E-state index < -0.39 is 0 Å². The highest BCUT2D eigenvalue weighted by Gasteiger charge is 1.96. The number of hydrogen-bond acceptors (Lipinski definition) is 2. The molecule has 0 aromatic rings. The van der Waals surface area contributed by atoms with Gasteiger partial charge in [-0.15, -0.1) is 0 Å². The van der Waals surface area contributed by atoms with E-state index in [1.54, 1.807) is 0 Å². The van der Waals surface area contributed by atoms with Crippen molar-refractivity contribution in [3.8, 4) is 0 Å². The zero-order valence-corrected chi connectivity index (χ0v) is 3.06. The van der Waals surface area contributed by atoms with E-state index in [2.05, 4.69) is 15.9 Å². The zero-order valence-electron chi connectivity index (χ0n) is 3.06. The van der Waals surface area contributed by atoms with Gasteiger partial charge < -0.3 is 4.74 Å². The molecule has 0 unspecified atom stereocenters. The Morgan fingerprint density at radius 3 is 3.00 bits per heavy atom. The minimum atomic E-state index is -0.0324. The third kappa shape index (κ3) is 0.381. The molecular formula is C3H3N2O. The van der Waals surface area contributed by atoms with E-state index in [1.165, 1.54) is 0 Å². The van der Waals surface area contributed by atoms with Gasteiger partial charge in [-0.3, -0.25) is 0 Å². The predicted molar refractivity (Wildman–Crippen MR) is 21.1 cm³/mol. The van der Waals surface area contributed by atoms with E-state index in [9.17, 15) is 0 Å². The van der Waals surface area contributed by atoms with Crippen LogP contribution in [0.5, 0.6) is 0 Å². The van der Waals surface area contributed by atoms with Crippen molar-refractivity contribution in [2.45, 2.75) is 0 Å². The van der Waals surface area contributed by atoms with E-state index >= 15 is 0 Å². The first kappa shape index (κ1) is 3.33. The lowest BCUT2D eigenvalue weighted by Gasteiger charge is -1.82. The molecule has 0 saturated heterocycles. The number of ether oxygens (including phenoxy) is 1. The summed E-state index contributed by atoms with van der Waals surface area (Å²) in [6.07, 6.45) is 2.45. The molecule has 0 bridgehead atoms. The van der Waals surface area contributed by atoms with E-state index in [4.69, 9.17) is 5.41 Å². The highest BCUT2D eigenvalue weighted by Crippen LogP contribution is 1.84. The van der Waals surface area contributed by atoms with E-state index in [0.29, 0.717) is 6.61 Å². The highest BCUT2D eigenvalue weighted by molar-refractivity contribution is 5.86. The largest absolute Gasteiger partial charge is 0.457 e. The molecule has 0 aliphatic carbocycles. The molecule has 1 aliphatic heterocycles. The Kier molecular flexibility index (Phi) is 0.602. The van der Waals surface area contributed by atoms with E-state index in [-0.39, 0.29) is 6.02 Å². The zero-order chi connectivity index (χ0) is 4.41. The molecule has 1 radical (unpaired) electrons. The van der Waals surface area contributed by atoms with Gasteiger partial charge in [0.05, 0.1) is 0 Å². The average Bonchev–Trinajstić information content (AvgIpc) is 1.86. The first-order valence-corrected chi connectivity index (χ1v) is 1.54. The van der Waals surface area contributed by atoms with Crippen LogP contribution in [0.3, 0.4) is 0 Å². The van der Waals surface area contributed by atoms with Crippen molar-refractivity contribution in [2.75, 3.05) is 6.61 Å². The maximum Gasteiger partial charge on any atom is 0.309 e. The standard InChI is InChI=1S/C3H3N2O/c4-3-5-1-2-6-3/h4H,2H2. The van der Waals surface area contributed by atoms with Crippen LogP contribution in [0.25, 0.3) is 0 Å². The minimum Gasteiger partial charge on any atom is -0.457 e. The van der Waals surface area contributed by atoms with Gasteiger partial charge in [0.15, 0.2) is 0 Å². The summed E-state index contributed by atoms with van der Waals surface area (Å²) in [6.45, 7) is 0.346. The van der Waals surface area contributed by atoms with Crippen molar-refractivity contribution >= 4 is 12.2 Å². The minimum absolute atomic E-state index is 0.0324. The Bertz CT molecular complexity index is 97.0. The molecule has 1 heterocycles. The molecule has 0 aromatic heterocycles. The van der Waals surface area contributed by atoms with Crippen molar-refractivity contribution in [1.82, 2.24) is 0 Å². The Morgan fingerprint density at radius 2 is 2.83 bits per heavy atom. The summed E-state index contributed by atoms with van der Waals surface area (Å²) < 4.78 is 4.46. The average molecular weight is 83.1 g/mol. The van der Waals surface area contributed by atoms with Crippen LogP contribution in [-0.4, -0.2) is 18.8 Å². The first-order valence-electron chi connectivity index (χ1n) is 1.54. The number of amidine groups is 1. The SMILES string of the molecule is N=C1N=[C]CO1. The van der Waals surface area contributed by atoms with Gasteiger partial charge in [0.2, 0.25) is 0 Å². The number of nitrogens with zero attached hydrogens (tertiary/aromatic N) is 1. The van der Waals surface area contributed by atoms with Crippen LogP contribution in [0.4, 0.5) is 0 Å². The van der Waals surface area contributed by atoms with Gasteiger partial charge in [-0.25, -0.2) is 5.41 Å². The van der Waals surface area contributed by atoms with Crippen LogP contribution in [0.1, 0.15) is 0 Å². The Hall–Kier alpha value is -0.860. The van der Waals surface area contributed by atoms with Gasteiger partial charge in [0.1, 0.15) is 12.8 Å². The highest BCUT2D eigenvalue weighted by atomic mass is 16.5. The van der Waals surface area contributed by atoms with Gasteiger partial charge in [-0.1, -0.05) is 0 Å². The number of rotatable bonds is 0. The molecule has 31 valence electrons. The summed E-state index contributed by atoms with van der Waals surface area (Å²) in [5.41, 5.74) is 0. The monoisotopic (exact) mass is 83.0 g/mol. The van der Waals surface area contributed by atoms with Crippen molar-refractivity contribution in [3.05, 3.63) is 0 Å². The second kappa shape index (κ2) is 1.08. The second-order valence-corrected chi connectivity index (χ2v) is 0.864. The Morgan fingerprint density at radius 1 is 2.00 bits per heavy atom. The molecule has 1 N–H and O–H groups in total. The van der Waals surface area contributed by atoms with E-state index in [1.807, 2.05) is 0 Å². The van der Waals surface area contributed by atoms with Crippen LogP contribution in [0.2, 0.25) is 0 Å². The summed E-state index contributed by atoms with van der Waals surface area (Å²) in [5.74, 6) is 0. The molecule has 1 aliphatic rings. The smallest absolute Gasteiger partial charge is 0.309 e. The number of hydrogen-bond donors (Lipinski definition) is 1. The topological polar surface area (TPSA) is 45.4 Å². The maximum absolute atomic E-state index is 6.60. The van der Waals surface area contributed by atoms with Gasteiger partial charge in [-0.2, -0.15) is 4.99 Å². The summed E-state index contributed by atoms with van der Waals surface area (Å²) in [7, 11) is 0. The predicted octanol–water partition coefficient (Wildman–Crippen LogP) is -0.101. The molecule has 3 nitrogen and oxygen atoms in total. The summed E-state index contributed by atoms with van der Waals surface area (Å²) in [4.78, 5) is 3.35. The number of aliphatic imine (C=N–C) groups is 1. The molecule has 0 aromatic carbocycles. The van der Waals surface area contributed by atoms with Crippen molar-refractivity contribution in [1.29, 1.82) is 5.41 Å². The molecule has 0 spiro atoms. The third-order valence-electron chi connectivity index (χ3n) is 0.454. The van der Waals surface area contributed by atoms with Crippen LogP contribution in [0, 0.1) is 5.41 Å². The molecule has 6 heavy (non-hydrogen) atoms. The maximum atomic E-state index is 6.60. The molecule has 0 saturated carbocycles. The van der Waals surface area contributed by atoms with Gasteiger partial charge in [0.25, 0.3) is 0 Å². The van der Waals surface area contributed by atoms with Crippen molar-refractivity contribution < 1.29 is 4.74 Å². The lowest BCUT2D eigenvalue weighted by atomic mass is 10.8. The fourth-order valence-corrected chi connectivity index (χ4v) is 0.237. The second-order valence-electron chi connectivity index (χ2n) is 0.864. The first-order chi connectivity index (χ1) is 2.89. The van der Waals surface area contributed by atoms with Crippen molar-refractivity contribution in [3.63, 3.8) is 0 Å². The molecule has 0 amide bonds. The molecule has 0 atom stereocenters. The summed E-state index contributed by atoms with van der Waals surface area (Å²) in [5, 5.41) is 6.60. The van der Waals surface area contributed by atoms with Gasteiger partial charge in [-0.05, 0) is 0 Å². The van der Waals surface area contributed by atoms with E-state index in [0.717, 1.165) is 0 Å². The quantitative estimate of drug-likeness (QED) is 0.436. The number of nitrogens with one attached hydrogen (secondary N) is 1. The van der Waals surface area contributed by atoms with Crippen LogP contribution in [-0.2, 0) is 4.74 Å². The molecule has 1 rings (SSSR count). The van der Waals surface area contributed by atoms with Crippen LogP contribution in [0.15, 0.2) is 4.99 Å². The normalized spacial score (nSPS) is 18.3. The van der Waals surface area contributed by atoms with Gasteiger partial charge >= 0.3 is 6.02 Å². The third-order valence-corrected chi connectivity index (χ3v) is 0.454. The Labute approximate surface area is 35.2 Å². The summed E-state index contributed by atoms with van der Waals surface area (Å²) in [6, 6.07) is -0.0324. The molecular weight excluding hydrogens is 80.0 g/mol. The van der Waals surface area contributed by atoms with Crippen LogP contribution >= 0.6 is 0 Å². The van der Waals surface area contributed by atoms with Gasteiger partial charge in [0, 0.05) is 0 Å².